The number of nitrogens with zero attached hydrogens (tertiary/aromatic N) is 1. The molecule has 0 spiro atoms. The number of morpholine rings is 1. The van der Waals surface area contributed by atoms with Crippen LogP contribution >= 0.6 is 24.0 Å². The van der Waals surface area contributed by atoms with E-state index in [4.69, 9.17) is 16.3 Å². The quantitative estimate of drug-likeness (QED) is 0.810. The molecular weight excluding hydrogens is 390 g/mol. The van der Waals surface area contributed by atoms with Crippen molar-refractivity contribution in [3.05, 3.63) is 70.5 Å². The molecule has 4 nitrogen and oxygen atoms in total. The Labute approximate surface area is 170 Å². The molecule has 0 saturated carbocycles. The SMILES string of the molecule is CN(C(=O)CC1COCCN1)C(c1ccc(F)cc1)c1ccc(Cl)cc1.Cl. The van der Waals surface area contributed by atoms with E-state index >= 15 is 0 Å². The topological polar surface area (TPSA) is 41.6 Å². The van der Waals surface area contributed by atoms with Gasteiger partial charge in [0.2, 0.25) is 5.91 Å². The van der Waals surface area contributed by atoms with Crippen molar-refractivity contribution in [2.45, 2.75) is 18.5 Å². The smallest absolute Gasteiger partial charge is 0.224 e. The van der Waals surface area contributed by atoms with Gasteiger partial charge in [0.25, 0.3) is 0 Å². The average Bonchev–Trinajstić information content (AvgIpc) is 2.65. The zero-order valence-electron chi connectivity index (χ0n) is 15.0. The van der Waals surface area contributed by atoms with Crippen LogP contribution in [0, 0.1) is 5.82 Å². The lowest BCUT2D eigenvalue weighted by molar-refractivity contribution is -0.132. The normalized spacial score (nSPS) is 17.7. The highest BCUT2D eigenvalue weighted by atomic mass is 35.5. The molecule has 2 aromatic carbocycles. The number of carbonyl (C=O) groups excluding carboxylic acids is 1. The predicted octanol–water partition coefficient (Wildman–Crippen LogP) is 3.83. The van der Waals surface area contributed by atoms with Crippen LogP contribution in [0.25, 0.3) is 0 Å². The highest BCUT2D eigenvalue weighted by molar-refractivity contribution is 6.30. The Hall–Kier alpha value is -1.66. The first-order valence-electron chi connectivity index (χ1n) is 8.62. The molecule has 7 heteroatoms. The fourth-order valence-electron chi connectivity index (χ4n) is 3.18. The summed E-state index contributed by atoms with van der Waals surface area (Å²) in [5.74, 6) is -0.307. The van der Waals surface area contributed by atoms with Crippen LogP contribution in [0.5, 0.6) is 0 Å². The molecule has 2 unspecified atom stereocenters. The highest BCUT2D eigenvalue weighted by Gasteiger charge is 2.26. The summed E-state index contributed by atoms with van der Waals surface area (Å²) in [5.41, 5.74) is 1.77. The number of ether oxygens (including phenoxy) is 1. The molecule has 27 heavy (non-hydrogen) atoms. The standard InChI is InChI=1S/C20H22ClFN2O2.ClH/c1-24(19(25)12-18-13-26-11-10-23-18)20(14-2-6-16(21)7-3-14)15-4-8-17(22)9-5-15;/h2-9,18,20,23H,10-13H2,1H3;1H. The average molecular weight is 413 g/mol. The number of halogens is 3. The number of hydrogen-bond donors (Lipinski definition) is 1. The minimum absolute atomic E-state index is 0. The maximum absolute atomic E-state index is 13.4. The van der Waals surface area contributed by atoms with Gasteiger partial charge in [0, 0.05) is 31.1 Å². The van der Waals surface area contributed by atoms with E-state index < -0.39 is 0 Å². The maximum Gasteiger partial charge on any atom is 0.224 e. The van der Waals surface area contributed by atoms with Gasteiger partial charge in [-0.05, 0) is 35.4 Å². The van der Waals surface area contributed by atoms with Crippen LogP contribution in [0.3, 0.4) is 0 Å². The molecular formula is C20H23Cl2FN2O2. The first kappa shape index (κ1) is 21.6. The van der Waals surface area contributed by atoms with Gasteiger partial charge in [-0.2, -0.15) is 0 Å². The van der Waals surface area contributed by atoms with Gasteiger partial charge in [-0.15, -0.1) is 12.4 Å². The zero-order valence-corrected chi connectivity index (χ0v) is 16.6. The van der Waals surface area contributed by atoms with Crippen LogP contribution in [0.15, 0.2) is 48.5 Å². The monoisotopic (exact) mass is 412 g/mol. The maximum atomic E-state index is 13.4. The third kappa shape index (κ3) is 5.66. The molecule has 1 fully saturated rings. The van der Waals surface area contributed by atoms with Gasteiger partial charge in [-0.25, -0.2) is 4.39 Å². The van der Waals surface area contributed by atoms with Gasteiger partial charge in [-0.1, -0.05) is 35.9 Å². The van der Waals surface area contributed by atoms with Crippen LogP contribution in [-0.4, -0.2) is 43.7 Å². The van der Waals surface area contributed by atoms with Gasteiger partial charge < -0.3 is 15.0 Å². The Morgan fingerprint density at radius 3 is 2.37 bits per heavy atom. The molecule has 2 aromatic rings. The molecule has 1 aliphatic heterocycles. The fourth-order valence-corrected chi connectivity index (χ4v) is 3.31. The molecule has 2 atom stereocenters. The summed E-state index contributed by atoms with van der Waals surface area (Å²) in [6.45, 7) is 1.95. The molecule has 3 rings (SSSR count). The summed E-state index contributed by atoms with van der Waals surface area (Å²) in [7, 11) is 1.77. The molecule has 1 amide bonds. The Morgan fingerprint density at radius 1 is 1.22 bits per heavy atom. The molecule has 0 aromatic heterocycles. The molecule has 0 aliphatic carbocycles. The first-order chi connectivity index (χ1) is 12.5. The number of rotatable bonds is 5. The molecule has 1 heterocycles. The first-order valence-corrected chi connectivity index (χ1v) is 9.00. The van der Waals surface area contributed by atoms with E-state index in [2.05, 4.69) is 5.32 Å². The van der Waals surface area contributed by atoms with Crippen molar-refractivity contribution in [1.29, 1.82) is 0 Å². The van der Waals surface area contributed by atoms with Gasteiger partial charge in [0.1, 0.15) is 5.82 Å². The molecule has 1 N–H and O–H groups in total. The molecule has 1 aliphatic rings. The van der Waals surface area contributed by atoms with Crippen molar-refractivity contribution in [2.75, 3.05) is 26.8 Å². The van der Waals surface area contributed by atoms with Crippen molar-refractivity contribution >= 4 is 29.9 Å². The largest absolute Gasteiger partial charge is 0.378 e. The van der Waals surface area contributed by atoms with Crippen LogP contribution in [0.1, 0.15) is 23.6 Å². The van der Waals surface area contributed by atoms with Gasteiger partial charge in [-0.3, -0.25) is 4.79 Å². The van der Waals surface area contributed by atoms with Gasteiger partial charge in [0.05, 0.1) is 19.3 Å². The van der Waals surface area contributed by atoms with E-state index in [0.29, 0.717) is 24.7 Å². The lowest BCUT2D eigenvalue weighted by Gasteiger charge is -2.31. The Morgan fingerprint density at radius 2 is 1.81 bits per heavy atom. The molecule has 1 saturated heterocycles. The lowest BCUT2D eigenvalue weighted by atomic mass is 9.96. The Kier molecular flexibility index (Phi) is 8.05. The van der Waals surface area contributed by atoms with E-state index in [1.807, 2.05) is 12.1 Å². The third-order valence-corrected chi connectivity index (χ3v) is 4.82. The number of nitrogens with one attached hydrogen (secondary N) is 1. The van der Waals surface area contributed by atoms with Crippen LogP contribution < -0.4 is 5.32 Å². The van der Waals surface area contributed by atoms with Crippen molar-refractivity contribution in [2.24, 2.45) is 0 Å². The summed E-state index contributed by atoms with van der Waals surface area (Å²) in [6.07, 6.45) is 0.349. The number of hydrogen-bond acceptors (Lipinski definition) is 3. The van der Waals surface area contributed by atoms with Crippen LogP contribution in [-0.2, 0) is 9.53 Å². The van der Waals surface area contributed by atoms with Crippen LogP contribution in [0.4, 0.5) is 4.39 Å². The Bertz CT molecular complexity index is 689. The van der Waals surface area contributed by atoms with Crippen LogP contribution in [0.2, 0.25) is 5.02 Å². The summed E-state index contributed by atoms with van der Waals surface area (Å²) < 4.78 is 18.8. The van der Waals surface area contributed by atoms with Crippen molar-refractivity contribution in [3.63, 3.8) is 0 Å². The zero-order chi connectivity index (χ0) is 18.5. The third-order valence-electron chi connectivity index (χ3n) is 4.57. The van der Waals surface area contributed by atoms with E-state index in [1.54, 1.807) is 36.2 Å². The summed E-state index contributed by atoms with van der Waals surface area (Å²) in [4.78, 5) is 14.6. The second-order valence-electron chi connectivity index (χ2n) is 6.44. The number of amides is 1. The number of carbonyl (C=O) groups is 1. The second-order valence-corrected chi connectivity index (χ2v) is 6.88. The van der Waals surface area contributed by atoms with Gasteiger partial charge >= 0.3 is 0 Å². The van der Waals surface area contributed by atoms with E-state index in [0.717, 1.165) is 17.7 Å². The fraction of sp³-hybridized carbons (Fsp3) is 0.350. The summed E-state index contributed by atoms with van der Waals surface area (Å²) in [6, 6.07) is 13.3. The molecule has 0 bridgehead atoms. The molecule has 0 radical (unpaired) electrons. The lowest BCUT2D eigenvalue weighted by Crippen LogP contribution is -2.45. The van der Waals surface area contributed by atoms with E-state index in [-0.39, 0.29) is 36.2 Å². The summed E-state index contributed by atoms with van der Waals surface area (Å²) >= 11 is 6.00. The highest BCUT2D eigenvalue weighted by Crippen LogP contribution is 2.29. The second kappa shape index (κ2) is 10.0. The van der Waals surface area contributed by atoms with Gasteiger partial charge in [0.15, 0.2) is 0 Å². The minimum Gasteiger partial charge on any atom is -0.378 e. The van der Waals surface area contributed by atoms with Crippen molar-refractivity contribution in [3.8, 4) is 0 Å². The van der Waals surface area contributed by atoms with Crippen molar-refractivity contribution < 1.29 is 13.9 Å². The molecule has 146 valence electrons. The van der Waals surface area contributed by atoms with E-state index in [9.17, 15) is 9.18 Å². The van der Waals surface area contributed by atoms with Crippen molar-refractivity contribution in [1.82, 2.24) is 10.2 Å². The van der Waals surface area contributed by atoms with E-state index in [1.165, 1.54) is 12.1 Å². The number of benzene rings is 2. The Balaban J connectivity index is 0.00000261. The minimum atomic E-state index is -0.315. The summed E-state index contributed by atoms with van der Waals surface area (Å²) in [5, 5.41) is 3.93. The predicted molar refractivity (Wildman–Crippen MR) is 107 cm³/mol.